The van der Waals surface area contributed by atoms with Gasteiger partial charge in [0.05, 0.1) is 6.10 Å². The van der Waals surface area contributed by atoms with Gasteiger partial charge in [-0.1, -0.05) is 18.2 Å². The maximum Gasteiger partial charge on any atom is 0.270 e. The molecule has 1 aliphatic heterocycles. The number of hydrogen-bond donors (Lipinski definition) is 1. The third kappa shape index (κ3) is 2.90. The van der Waals surface area contributed by atoms with Crippen LogP contribution in [-0.4, -0.2) is 41.6 Å². The van der Waals surface area contributed by atoms with E-state index < -0.39 is 0 Å². The molecule has 2 aromatic rings. The molecule has 1 N–H and O–H groups in total. The van der Waals surface area contributed by atoms with Gasteiger partial charge in [0, 0.05) is 25.1 Å². The highest BCUT2D eigenvalue weighted by Gasteiger charge is 2.23. The summed E-state index contributed by atoms with van der Waals surface area (Å²) >= 11 is 0. The Hall–Kier alpha value is -2.14. The molecule has 1 fully saturated rings. The number of fused-ring (bicyclic) bond motifs is 1. The van der Waals surface area contributed by atoms with Gasteiger partial charge >= 0.3 is 0 Å². The van der Waals surface area contributed by atoms with Crippen LogP contribution in [0, 0.1) is 0 Å². The highest BCUT2D eigenvalue weighted by atomic mass is 16.5. The lowest BCUT2D eigenvalue weighted by Gasteiger charge is -2.24. The van der Waals surface area contributed by atoms with Crippen LogP contribution in [0.25, 0.3) is 10.8 Å². The number of aromatic nitrogens is 1. The molecule has 1 aromatic carbocycles. The predicted molar refractivity (Wildman–Crippen MR) is 85.1 cm³/mol. The fourth-order valence-electron chi connectivity index (χ4n) is 2.89. The van der Waals surface area contributed by atoms with Gasteiger partial charge in [-0.25, -0.2) is 0 Å². The first kappa shape index (κ1) is 14.8. The van der Waals surface area contributed by atoms with Gasteiger partial charge in [-0.15, -0.1) is 0 Å². The minimum Gasteiger partial charge on any atom is -0.376 e. The first-order valence-corrected chi connectivity index (χ1v) is 7.72. The number of carbonyl (C=O) groups excluding carboxylic acids is 1. The number of nitrogens with one attached hydrogen (secondary N) is 1. The molecule has 2 heterocycles. The topological polar surface area (TPSA) is 62.4 Å². The molecule has 0 unspecified atom stereocenters. The third-order valence-electron chi connectivity index (χ3n) is 4.10. The molecule has 5 heteroatoms. The summed E-state index contributed by atoms with van der Waals surface area (Å²) in [4.78, 5) is 29.2. The van der Waals surface area contributed by atoms with E-state index in [0.717, 1.165) is 24.8 Å². The summed E-state index contributed by atoms with van der Waals surface area (Å²) in [5.41, 5.74) is 0.109. The minimum atomic E-state index is -0.227. The zero-order chi connectivity index (χ0) is 15.5. The van der Waals surface area contributed by atoms with Crippen molar-refractivity contribution in [2.45, 2.75) is 25.9 Å². The predicted octanol–water partition coefficient (Wildman–Crippen LogP) is 2.17. The van der Waals surface area contributed by atoms with E-state index in [1.165, 1.54) is 0 Å². The van der Waals surface area contributed by atoms with Crippen LogP contribution in [-0.2, 0) is 4.74 Å². The van der Waals surface area contributed by atoms with Crippen molar-refractivity contribution in [2.75, 3.05) is 19.7 Å². The van der Waals surface area contributed by atoms with E-state index in [4.69, 9.17) is 4.74 Å². The largest absolute Gasteiger partial charge is 0.376 e. The Balaban J connectivity index is 1.88. The number of benzene rings is 1. The standard InChI is InChI=1S/C17H20N2O3/c1-2-19(11-13-7-5-9-22-13)17(21)15-10-12-6-3-4-8-14(12)16(20)18-15/h3-4,6,8,10,13H,2,5,7,9,11H2,1H3,(H,18,20)/t13-/m0/s1. The van der Waals surface area contributed by atoms with Crippen molar-refractivity contribution in [1.29, 1.82) is 0 Å². The molecule has 1 amide bonds. The summed E-state index contributed by atoms with van der Waals surface area (Å²) in [6.07, 6.45) is 2.14. The number of aromatic amines is 1. The van der Waals surface area contributed by atoms with Gasteiger partial charge in [0.1, 0.15) is 5.69 Å². The van der Waals surface area contributed by atoms with E-state index in [0.29, 0.717) is 24.2 Å². The van der Waals surface area contributed by atoms with Crippen LogP contribution in [0.1, 0.15) is 30.3 Å². The molecule has 1 atom stereocenters. The third-order valence-corrected chi connectivity index (χ3v) is 4.10. The maximum absolute atomic E-state index is 12.7. The van der Waals surface area contributed by atoms with E-state index in [1.54, 1.807) is 17.0 Å². The lowest BCUT2D eigenvalue weighted by Crippen LogP contribution is -2.38. The molecule has 0 saturated carbocycles. The number of hydrogen-bond acceptors (Lipinski definition) is 3. The number of pyridine rings is 1. The monoisotopic (exact) mass is 300 g/mol. The summed E-state index contributed by atoms with van der Waals surface area (Å²) in [7, 11) is 0. The number of amides is 1. The molecule has 1 saturated heterocycles. The zero-order valence-corrected chi connectivity index (χ0v) is 12.7. The minimum absolute atomic E-state index is 0.107. The summed E-state index contributed by atoms with van der Waals surface area (Å²) in [6.45, 7) is 3.87. The molecule has 0 spiro atoms. The maximum atomic E-state index is 12.7. The van der Waals surface area contributed by atoms with Gasteiger partial charge in [0.25, 0.3) is 11.5 Å². The van der Waals surface area contributed by atoms with Gasteiger partial charge in [-0.2, -0.15) is 0 Å². The molecule has 22 heavy (non-hydrogen) atoms. The number of carbonyl (C=O) groups is 1. The second-order valence-electron chi connectivity index (χ2n) is 5.58. The molecule has 1 aliphatic rings. The molecule has 3 rings (SSSR count). The molecule has 1 aromatic heterocycles. The van der Waals surface area contributed by atoms with Gasteiger partial charge in [-0.3, -0.25) is 9.59 Å². The van der Waals surface area contributed by atoms with Crippen LogP contribution in [0.5, 0.6) is 0 Å². The molecule has 0 radical (unpaired) electrons. The smallest absolute Gasteiger partial charge is 0.270 e. The van der Waals surface area contributed by atoms with E-state index >= 15 is 0 Å². The van der Waals surface area contributed by atoms with Gasteiger partial charge < -0.3 is 14.6 Å². The van der Waals surface area contributed by atoms with Crippen LogP contribution in [0.2, 0.25) is 0 Å². The number of rotatable bonds is 4. The lowest BCUT2D eigenvalue weighted by molar-refractivity contribution is 0.0535. The summed E-state index contributed by atoms with van der Waals surface area (Å²) in [5, 5.41) is 1.38. The Morgan fingerprint density at radius 3 is 2.95 bits per heavy atom. The van der Waals surface area contributed by atoms with E-state index in [2.05, 4.69) is 4.98 Å². The van der Waals surface area contributed by atoms with Crippen molar-refractivity contribution in [1.82, 2.24) is 9.88 Å². The van der Waals surface area contributed by atoms with E-state index in [9.17, 15) is 9.59 Å². The molecule has 116 valence electrons. The van der Waals surface area contributed by atoms with Crippen molar-refractivity contribution in [3.05, 3.63) is 46.4 Å². The van der Waals surface area contributed by atoms with Gasteiger partial charge in [0.2, 0.25) is 0 Å². The Morgan fingerprint density at radius 1 is 1.41 bits per heavy atom. The lowest BCUT2D eigenvalue weighted by atomic mass is 10.1. The summed E-state index contributed by atoms with van der Waals surface area (Å²) < 4.78 is 5.60. The second-order valence-corrected chi connectivity index (χ2v) is 5.58. The SMILES string of the molecule is CCN(C[C@@H]1CCCO1)C(=O)c1cc2ccccc2c(=O)[nH]1. The molecular formula is C17H20N2O3. The van der Waals surface area contributed by atoms with Crippen LogP contribution >= 0.6 is 0 Å². The molecule has 0 aliphatic carbocycles. The first-order chi connectivity index (χ1) is 10.7. The van der Waals surface area contributed by atoms with Crippen molar-refractivity contribution >= 4 is 16.7 Å². The number of nitrogens with zero attached hydrogens (tertiary/aromatic N) is 1. The number of likely N-dealkylation sites (N-methyl/N-ethyl adjacent to an activating group) is 1. The van der Waals surface area contributed by atoms with Crippen LogP contribution in [0.4, 0.5) is 0 Å². The van der Waals surface area contributed by atoms with Crippen molar-refractivity contribution < 1.29 is 9.53 Å². The quantitative estimate of drug-likeness (QED) is 0.941. The Morgan fingerprint density at radius 2 is 2.23 bits per heavy atom. The number of ether oxygens (including phenoxy) is 1. The van der Waals surface area contributed by atoms with Crippen molar-refractivity contribution in [2.24, 2.45) is 0 Å². The van der Waals surface area contributed by atoms with Crippen LogP contribution in [0.15, 0.2) is 35.1 Å². The molecule has 5 nitrogen and oxygen atoms in total. The summed E-state index contributed by atoms with van der Waals surface area (Å²) in [5.74, 6) is -0.152. The average Bonchev–Trinajstić information content (AvgIpc) is 3.05. The Kier molecular flexibility index (Phi) is 4.24. The molecular weight excluding hydrogens is 280 g/mol. The Labute approximate surface area is 128 Å². The highest BCUT2D eigenvalue weighted by molar-refractivity contribution is 5.96. The summed E-state index contributed by atoms with van der Waals surface area (Å²) in [6, 6.07) is 9.02. The average molecular weight is 300 g/mol. The normalized spacial score (nSPS) is 17.8. The fraction of sp³-hybridized carbons (Fsp3) is 0.412. The van der Waals surface area contributed by atoms with Crippen LogP contribution in [0.3, 0.4) is 0 Å². The first-order valence-electron chi connectivity index (χ1n) is 7.72. The van der Waals surface area contributed by atoms with Gasteiger partial charge in [-0.05, 0) is 37.3 Å². The number of H-pyrrole nitrogens is 1. The highest BCUT2D eigenvalue weighted by Crippen LogP contribution is 2.16. The zero-order valence-electron chi connectivity index (χ0n) is 12.7. The molecule has 0 bridgehead atoms. The van der Waals surface area contributed by atoms with E-state index in [-0.39, 0.29) is 17.6 Å². The van der Waals surface area contributed by atoms with Crippen LogP contribution < -0.4 is 5.56 Å². The van der Waals surface area contributed by atoms with E-state index in [1.807, 2.05) is 25.1 Å². The van der Waals surface area contributed by atoms with Crippen molar-refractivity contribution in [3.8, 4) is 0 Å². The fourth-order valence-corrected chi connectivity index (χ4v) is 2.89. The second kappa shape index (κ2) is 6.32. The van der Waals surface area contributed by atoms with Crippen molar-refractivity contribution in [3.63, 3.8) is 0 Å². The van der Waals surface area contributed by atoms with Gasteiger partial charge in [0.15, 0.2) is 0 Å². The Bertz CT molecular complexity index is 732.